The van der Waals surface area contributed by atoms with Crippen LogP contribution in [0.15, 0.2) is 24.5 Å². The van der Waals surface area contributed by atoms with Gasteiger partial charge in [0, 0.05) is 25.9 Å². The summed E-state index contributed by atoms with van der Waals surface area (Å²) in [5, 5.41) is 16.6. The number of ether oxygens (including phenoxy) is 1. The first-order chi connectivity index (χ1) is 10.2. The molecule has 2 N–H and O–H groups in total. The summed E-state index contributed by atoms with van der Waals surface area (Å²) in [5.74, 6) is 0. The maximum absolute atomic E-state index is 11.7. The van der Waals surface area contributed by atoms with Crippen LogP contribution >= 0.6 is 0 Å². The van der Waals surface area contributed by atoms with Crippen LogP contribution in [0.25, 0.3) is 5.69 Å². The lowest BCUT2D eigenvalue weighted by Gasteiger charge is -2.10. The van der Waals surface area contributed by atoms with Crippen molar-refractivity contribution in [2.24, 2.45) is 0 Å². The van der Waals surface area contributed by atoms with E-state index in [0.717, 1.165) is 17.7 Å². The number of tetrazole rings is 1. The van der Waals surface area contributed by atoms with E-state index < -0.39 is 0 Å². The number of hydrogen-bond acceptors (Lipinski definition) is 5. The molecule has 2 aromatic rings. The number of methoxy groups -OCH3 is 1. The van der Waals surface area contributed by atoms with Crippen molar-refractivity contribution in [1.82, 2.24) is 25.5 Å². The van der Waals surface area contributed by atoms with Gasteiger partial charge in [0.15, 0.2) is 0 Å². The van der Waals surface area contributed by atoms with Crippen molar-refractivity contribution in [3.8, 4) is 5.69 Å². The third-order valence-electron chi connectivity index (χ3n) is 2.87. The largest absolute Gasteiger partial charge is 0.385 e. The zero-order valence-electron chi connectivity index (χ0n) is 12.0. The van der Waals surface area contributed by atoms with Gasteiger partial charge in [0.2, 0.25) is 0 Å². The number of aromatic nitrogens is 4. The minimum atomic E-state index is -0.252. The van der Waals surface area contributed by atoms with Crippen molar-refractivity contribution >= 4 is 11.7 Å². The second-order valence-corrected chi connectivity index (χ2v) is 4.48. The topological polar surface area (TPSA) is 94.0 Å². The second kappa shape index (κ2) is 7.34. The Morgan fingerprint density at radius 1 is 1.43 bits per heavy atom. The van der Waals surface area contributed by atoms with E-state index in [1.54, 1.807) is 11.8 Å². The zero-order valence-corrected chi connectivity index (χ0v) is 12.0. The molecule has 0 spiro atoms. The van der Waals surface area contributed by atoms with Gasteiger partial charge < -0.3 is 15.4 Å². The smallest absolute Gasteiger partial charge is 0.319 e. The van der Waals surface area contributed by atoms with Gasteiger partial charge in [-0.2, -0.15) is 0 Å². The molecule has 0 bridgehead atoms. The summed E-state index contributed by atoms with van der Waals surface area (Å²) >= 11 is 0. The molecule has 0 aliphatic carbocycles. The molecule has 0 unspecified atom stereocenters. The molecule has 8 nitrogen and oxygen atoms in total. The highest BCUT2D eigenvalue weighted by molar-refractivity contribution is 5.89. The Labute approximate surface area is 122 Å². The van der Waals surface area contributed by atoms with Crippen LogP contribution in [0.1, 0.15) is 12.0 Å². The van der Waals surface area contributed by atoms with Crippen LogP contribution < -0.4 is 10.6 Å². The van der Waals surface area contributed by atoms with E-state index in [2.05, 4.69) is 26.2 Å². The van der Waals surface area contributed by atoms with Crippen LogP contribution in [0.5, 0.6) is 0 Å². The number of hydrogen-bond donors (Lipinski definition) is 2. The first kappa shape index (κ1) is 14.9. The molecule has 2 amide bonds. The lowest BCUT2D eigenvalue weighted by Crippen LogP contribution is -2.30. The molecule has 2 rings (SSSR count). The summed E-state index contributed by atoms with van der Waals surface area (Å²) in [5.41, 5.74) is 2.50. The van der Waals surface area contributed by atoms with Crippen molar-refractivity contribution < 1.29 is 9.53 Å². The van der Waals surface area contributed by atoms with E-state index >= 15 is 0 Å². The maximum atomic E-state index is 11.7. The zero-order chi connectivity index (χ0) is 15.1. The van der Waals surface area contributed by atoms with Crippen molar-refractivity contribution in [3.63, 3.8) is 0 Å². The molecule has 8 heteroatoms. The Bertz CT molecular complexity index is 584. The average Bonchev–Trinajstić information content (AvgIpc) is 3.00. The summed E-state index contributed by atoms with van der Waals surface area (Å²) in [6.07, 6.45) is 2.28. The van der Waals surface area contributed by atoms with E-state index in [0.29, 0.717) is 18.8 Å². The summed E-state index contributed by atoms with van der Waals surface area (Å²) in [6, 6.07) is 5.30. The van der Waals surface area contributed by atoms with Gasteiger partial charge in [-0.05, 0) is 41.5 Å². The van der Waals surface area contributed by atoms with E-state index in [1.807, 2.05) is 25.1 Å². The minimum absolute atomic E-state index is 0.252. The van der Waals surface area contributed by atoms with Crippen LogP contribution in [-0.4, -0.2) is 46.5 Å². The number of carbonyl (C=O) groups excluding carboxylic acids is 1. The predicted molar refractivity (Wildman–Crippen MR) is 77.4 cm³/mol. The number of aryl methyl sites for hydroxylation is 1. The molecular weight excluding hydrogens is 272 g/mol. The van der Waals surface area contributed by atoms with Crippen LogP contribution in [0, 0.1) is 6.92 Å². The second-order valence-electron chi connectivity index (χ2n) is 4.48. The van der Waals surface area contributed by atoms with Crippen molar-refractivity contribution in [1.29, 1.82) is 0 Å². The SMILES string of the molecule is COCCCNC(=O)Nc1ccc(C)c(-n2cnnn2)c1. The van der Waals surface area contributed by atoms with Gasteiger partial charge in [-0.1, -0.05) is 6.07 Å². The molecule has 0 aliphatic rings. The van der Waals surface area contributed by atoms with Crippen LogP contribution in [-0.2, 0) is 4.74 Å². The third kappa shape index (κ3) is 4.25. The molecule has 0 fully saturated rings. The van der Waals surface area contributed by atoms with Gasteiger partial charge in [-0.25, -0.2) is 9.48 Å². The molecule has 0 atom stereocenters. The van der Waals surface area contributed by atoms with Crippen molar-refractivity contribution in [2.45, 2.75) is 13.3 Å². The Morgan fingerprint density at radius 2 is 2.29 bits per heavy atom. The monoisotopic (exact) mass is 290 g/mol. The van der Waals surface area contributed by atoms with Crippen molar-refractivity contribution in [2.75, 3.05) is 25.6 Å². The first-order valence-electron chi connectivity index (χ1n) is 6.58. The molecule has 0 saturated carbocycles. The number of rotatable bonds is 6. The summed E-state index contributed by atoms with van der Waals surface area (Å²) in [7, 11) is 1.63. The Hall–Kier alpha value is -2.48. The average molecular weight is 290 g/mol. The van der Waals surface area contributed by atoms with E-state index in [1.165, 1.54) is 6.33 Å². The lowest BCUT2D eigenvalue weighted by molar-refractivity contribution is 0.194. The first-order valence-corrected chi connectivity index (χ1v) is 6.58. The highest BCUT2D eigenvalue weighted by Gasteiger charge is 2.06. The molecule has 1 aromatic heterocycles. The molecule has 0 saturated heterocycles. The molecule has 21 heavy (non-hydrogen) atoms. The number of carbonyl (C=O) groups is 1. The molecule has 0 radical (unpaired) electrons. The highest BCUT2D eigenvalue weighted by atomic mass is 16.5. The third-order valence-corrected chi connectivity index (χ3v) is 2.87. The molecule has 1 heterocycles. The van der Waals surface area contributed by atoms with Crippen LogP contribution in [0.2, 0.25) is 0 Å². The normalized spacial score (nSPS) is 10.4. The van der Waals surface area contributed by atoms with Crippen LogP contribution in [0.3, 0.4) is 0 Å². The summed E-state index contributed by atoms with van der Waals surface area (Å²) < 4.78 is 6.47. The number of nitrogens with zero attached hydrogens (tertiary/aromatic N) is 4. The van der Waals surface area contributed by atoms with Gasteiger partial charge in [0.1, 0.15) is 6.33 Å². The Morgan fingerprint density at radius 3 is 3.00 bits per heavy atom. The van der Waals surface area contributed by atoms with Gasteiger partial charge >= 0.3 is 6.03 Å². The fourth-order valence-corrected chi connectivity index (χ4v) is 1.80. The fraction of sp³-hybridized carbons (Fsp3) is 0.385. The van der Waals surface area contributed by atoms with E-state index in [-0.39, 0.29) is 6.03 Å². The quantitative estimate of drug-likeness (QED) is 0.778. The van der Waals surface area contributed by atoms with Gasteiger partial charge in [0.05, 0.1) is 5.69 Å². The van der Waals surface area contributed by atoms with E-state index in [4.69, 9.17) is 4.74 Å². The standard InChI is InChI=1S/C13H18N6O2/c1-10-4-5-11(8-12(10)19-9-15-17-18-19)16-13(20)14-6-3-7-21-2/h4-5,8-9H,3,6-7H2,1-2H3,(H2,14,16,20). The summed E-state index contributed by atoms with van der Waals surface area (Å²) in [6.45, 7) is 3.13. The molecule has 1 aromatic carbocycles. The Kier molecular flexibility index (Phi) is 5.22. The number of urea groups is 1. The molecular formula is C13H18N6O2. The molecule has 112 valence electrons. The maximum Gasteiger partial charge on any atom is 0.319 e. The molecule has 0 aliphatic heterocycles. The lowest BCUT2D eigenvalue weighted by atomic mass is 10.2. The minimum Gasteiger partial charge on any atom is -0.385 e. The van der Waals surface area contributed by atoms with E-state index in [9.17, 15) is 4.79 Å². The predicted octanol–water partition coefficient (Wildman–Crippen LogP) is 1.13. The van der Waals surface area contributed by atoms with Crippen LogP contribution in [0.4, 0.5) is 10.5 Å². The number of benzene rings is 1. The highest BCUT2D eigenvalue weighted by Crippen LogP contribution is 2.18. The number of nitrogens with one attached hydrogen (secondary N) is 2. The number of anilines is 1. The fourth-order valence-electron chi connectivity index (χ4n) is 1.80. The van der Waals surface area contributed by atoms with Gasteiger partial charge in [-0.3, -0.25) is 0 Å². The van der Waals surface area contributed by atoms with Crippen molar-refractivity contribution in [3.05, 3.63) is 30.1 Å². The van der Waals surface area contributed by atoms with Gasteiger partial charge in [0.25, 0.3) is 0 Å². The summed E-state index contributed by atoms with van der Waals surface area (Å²) in [4.78, 5) is 11.7. The Balaban J connectivity index is 1.98. The van der Waals surface area contributed by atoms with Gasteiger partial charge in [-0.15, -0.1) is 5.10 Å². The number of amides is 2.